The highest BCUT2D eigenvalue weighted by Gasteiger charge is 2.51. The summed E-state index contributed by atoms with van der Waals surface area (Å²) in [6.07, 6.45) is 1.42. The van der Waals surface area contributed by atoms with Gasteiger partial charge in [0.1, 0.15) is 23.6 Å². The quantitative estimate of drug-likeness (QED) is 0.294. The van der Waals surface area contributed by atoms with Crippen molar-refractivity contribution in [1.82, 2.24) is 0 Å². The number of thioether (sulfide) groups is 1. The highest BCUT2D eigenvalue weighted by molar-refractivity contribution is 7.98. The van der Waals surface area contributed by atoms with Crippen molar-refractivity contribution in [2.45, 2.75) is 53.8 Å². The van der Waals surface area contributed by atoms with Gasteiger partial charge in [0.05, 0.1) is 15.5 Å². The largest absolute Gasteiger partial charge is 0.491 e. The second-order valence-corrected chi connectivity index (χ2v) is 12.5. The van der Waals surface area contributed by atoms with Gasteiger partial charge in [-0.15, -0.1) is 11.8 Å². The SMILES string of the molecule is CSc1cc2c(cc1OCC1(C(=O)O)CC1)S(=O)(=O)[C@H](F)[C@H](CCC(C)(F)F)CN2c1cccc(F)c1. The zero-order valence-electron chi connectivity index (χ0n) is 20.2. The third-order valence-corrected chi connectivity index (χ3v) is 9.49. The summed E-state index contributed by atoms with van der Waals surface area (Å²) in [7, 11) is -4.68. The van der Waals surface area contributed by atoms with Crippen molar-refractivity contribution < 1.29 is 40.6 Å². The molecule has 2 atom stereocenters. The van der Waals surface area contributed by atoms with Crippen LogP contribution in [0.5, 0.6) is 5.75 Å². The Labute approximate surface area is 216 Å². The van der Waals surface area contributed by atoms with Crippen molar-refractivity contribution in [2.75, 3.05) is 24.3 Å². The predicted molar refractivity (Wildman–Crippen MR) is 132 cm³/mol. The number of nitrogens with zero attached hydrogens (tertiary/aromatic N) is 1. The van der Waals surface area contributed by atoms with Gasteiger partial charge in [0.25, 0.3) is 0 Å². The number of carboxylic acids is 1. The Bertz CT molecular complexity index is 1290. The molecule has 1 saturated carbocycles. The van der Waals surface area contributed by atoms with E-state index in [4.69, 9.17) is 4.74 Å². The van der Waals surface area contributed by atoms with Crippen LogP contribution >= 0.6 is 11.8 Å². The Kier molecular flexibility index (Phi) is 7.46. The first-order valence-electron chi connectivity index (χ1n) is 11.6. The van der Waals surface area contributed by atoms with Gasteiger partial charge in [-0.2, -0.15) is 0 Å². The zero-order valence-corrected chi connectivity index (χ0v) is 21.9. The van der Waals surface area contributed by atoms with E-state index >= 15 is 4.39 Å². The summed E-state index contributed by atoms with van der Waals surface area (Å²) >= 11 is 1.21. The molecule has 2 aromatic carbocycles. The van der Waals surface area contributed by atoms with Crippen molar-refractivity contribution in [3.05, 3.63) is 42.2 Å². The monoisotopic (exact) mass is 561 g/mol. The maximum Gasteiger partial charge on any atom is 0.313 e. The Morgan fingerprint density at radius 1 is 1.27 bits per heavy atom. The van der Waals surface area contributed by atoms with E-state index in [1.807, 2.05) is 0 Å². The van der Waals surface area contributed by atoms with Crippen molar-refractivity contribution >= 4 is 38.9 Å². The first-order chi connectivity index (χ1) is 17.3. The number of hydrogen-bond donors (Lipinski definition) is 1. The molecule has 6 nitrogen and oxygen atoms in total. The molecule has 0 aromatic heterocycles. The van der Waals surface area contributed by atoms with Gasteiger partial charge in [-0.3, -0.25) is 4.79 Å². The number of carbonyl (C=O) groups is 1. The Balaban J connectivity index is 1.83. The van der Waals surface area contributed by atoms with Crippen LogP contribution in [0.3, 0.4) is 0 Å². The minimum absolute atomic E-state index is 0.0649. The molecule has 0 amide bonds. The summed E-state index contributed by atoms with van der Waals surface area (Å²) in [6.45, 7) is 0.224. The van der Waals surface area contributed by atoms with E-state index in [0.717, 1.165) is 12.1 Å². The minimum atomic E-state index is -4.68. The number of benzene rings is 2. The second kappa shape index (κ2) is 10.0. The van der Waals surface area contributed by atoms with Crippen molar-refractivity contribution in [2.24, 2.45) is 11.3 Å². The molecule has 0 unspecified atom stereocenters. The maximum absolute atomic E-state index is 15.7. The Morgan fingerprint density at radius 2 is 1.97 bits per heavy atom. The molecular formula is C25H27F4NO5S2. The predicted octanol–water partition coefficient (Wildman–Crippen LogP) is 6.06. The van der Waals surface area contributed by atoms with Gasteiger partial charge in [-0.1, -0.05) is 6.07 Å². The fourth-order valence-corrected chi connectivity index (χ4v) is 6.62. The number of fused-ring (bicyclic) bond motifs is 1. The average molecular weight is 562 g/mol. The number of alkyl halides is 3. The third-order valence-electron chi connectivity index (χ3n) is 6.81. The van der Waals surface area contributed by atoms with Crippen LogP contribution < -0.4 is 9.64 Å². The Morgan fingerprint density at radius 3 is 2.54 bits per heavy atom. The summed E-state index contributed by atoms with van der Waals surface area (Å²) < 4.78 is 89.7. The highest BCUT2D eigenvalue weighted by atomic mass is 32.2. The van der Waals surface area contributed by atoms with Gasteiger partial charge in [-0.05, 0) is 56.7 Å². The summed E-state index contributed by atoms with van der Waals surface area (Å²) in [5.74, 6) is -5.99. The lowest BCUT2D eigenvalue weighted by Gasteiger charge is -2.29. The number of ether oxygens (including phenoxy) is 1. The fraction of sp³-hybridized carbons (Fsp3) is 0.480. The molecule has 4 rings (SSSR count). The topological polar surface area (TPSA) is 83.9 Å². The van der Waals surface area contributed by atoms with Crippen LogP contribution in [0.1, 0.15) is 32.6 Å². The number of carboxylic acid groups (broad SMARTS) is 1. The lowest BCUT2D eigenvalue weighted by molar-refractivity contribution is -0.144. The molecule has 1 aliphatic carbocycles. The number of sulfone groups is 1. The number of anilines is 2. The van der Waals surface area contributed by atoms with Crippen LogP contribution in [-0.4, -0.2) is 50.3 Å². The van der Waals surface area contributed by atoms with Gasteiger partial charge < -0.3 is 14.7 Å². The molecule has 1 heterocycles. The number of aliphatic carboxylic acids is 1. The van der Waals surface area contributed by atoms with Crippen LogP contribution in [0.15, 0.2) is 46.2 Å². The number of rotatable bonds is 9. The molecule has 2 aliphatic rings. The van der Waals surface area contributed by atoms with E-state index in [0.29, 0.717) is 24.7 Å². The molecule has 0 spiro atoms. The zero-order chi connectivity index (χ0) is 27.2. The lowest BCUT2D eigenvalue weighted by atomic mass is 10.0. The van der Waals surface area contributed by atoms with Crippen LogP contribution in [-0.2, 0) is 14.6 Å². The summed E-state index contributed by atoms with van der Waals surface area (Å²) in [6, 6.07) is 7.93. The normalized spacial score (nSPS) is 22.2. The van der Waals surface area contributed by atoms with Crippen LogP contribution in [0.25, 0.3) is 0 Å². The third kappa shape index (κ3) is 5.69. The number of halogens is 4. The average Bonchev–Trinajstić information content (AvgIpc) is 3.63. The van der Waals surface area contributed by atoms with Crippen LogP contribution in [0, 0.1) is 17.2 Å². The van der Waals surface area contributed by atoms with Gasteiger partial charge in [0.2, 0.25) is 21.3 Å². The van der Waals surface area contributed by atoms with Crippen molar-refractivity contribution in [3.8, 4) is 5.75 Å². The molecule has 37 heavy (non-hydrogen) atoms. The van der Waals surface area contributed by atoms with E-state index in [1.165, 1.54) is 40.9 Å². The molecule has 1 N–H and O–H groups in total. The van der Waals surface area contributed by atoms with E-state index in [1.54, 1.807) is 6.26 Å². The molecule has 1 aliphatic heterocycles. The Hall–Kier alpha value is -2.47. The lowest BCUT2D eigenvalue weighted by Crippen LogP contribution is -2.32. The molecule has 2 aromatic rings. The van der Waals surface area contributed by atoms with E-state index < -0.39 is 62.1 Å². The standard InChI is InChI=1S/C25H27F4NO5S2/c1-24(28,29)7-6-15-13-30(17-5-3-4-16(26)10-17)18-11-20(36-2)19(12-21(18)37(33,34)22(15)27)35-14-25(8-9-25)23(31)32/h3-5,10-12,15,22H,6-9,13-14H2,1-2H3,(H,31,32)/t15-,22+/m1/s1. The van der Waals surface area contributed by atoms with Crippen molar-refractivity contribution in [1.29, 1.82) is 0 Å². The summed E-state index contributed by atoms with van der Waals surface area (Å²) in [5.41, 5.74) is -3.24. The fourth-order valence-electron chi connectivity index (χ4n) is 4.37. The molecule has 0 bridgehead atoms. The molecule has 1 fully saturated rings. The molecule has 202 valence electrons. The molecule has 12 heteroatoms. The van der Waals surface area contributed by atoms with E-state index in [-0.39, 0.29) is 30.3 Å². The molecule has 0 radical (unpaired) electrons. The van der Waals surface area contributed by atoms with Crippen molar-refractivity contribution in [3.63, 3.8) is 0 Å². The van der Waals surface area contributed by atoms with Gasteiger partial charge in [-0.25, -0.2) is 26.0 Å². The van der Waals surface area contributed by atoms with Gasteiger partial charge in [0, 0.05) is 30.6 Å². The van der Waals surface area contributed by atoms with E-state index in [9.17, 15) is 31.5 Å². The molecule has 0 saturated heterocycles. The molecular weight excluding hydrogens is 534 g/mol. The first-order valence-corrected chi connectivity index (χ1v) is 14.4. The van der Waals surface area contributed by atoms with Crippen LogP contribution in [0.2, 0.25) is 0 Å². The van der Waals surface area contributed by atoms with Gasteiger partial charge in [0.15, 0.2) is 0 Å². The minimum Gasteiger partial charge on any atom is -0.491 e. The first kappa shape index (κ1) is 27.6. The van der Waals surface area contributed by atoms with Crippen LogP contribution in [0.4, 0.5) is 28.9 Å². The highest BCUT2D eigenvalue weighted by Crippen LogP contribution is 2.49. The van der Waals surface area contributed by atoms with Gasteiger partial charge >= 0.3 is 5.97 Å². The number of hydrogen-bond acceptors (Lipinski definition) is 6. The summed E-state index contributed by atoms with van der Waals surface area (Å²) in [4.78, 5) is 13.0. The smallest absolute Gasteiger partial charge is 0.313 e. The summed E-state index contributed by atoms with van der Waals surface area (Å²) in [5, 5.41) is 9.45. The van der Waals surface area contributed by atoms with E-state index in [2.05, 4.69) is 0 Å². The maximum atomic E-state index is 15.7. The second-order valence-electron chi connectivity index (χ2n) is 9.70.